The van der Waals surface area contributed by atoms with Crippen molar-refractivity contribution in [1.82, 2.24) is 5.32 Å². The molecule has 1 N–H and O–H groups in total. The molecule has 0 aliphatic rings. The lowest BCUT2D eigenvalue weighted by Gasteiger charge is -2.13. The van der Waals surface area contributed by atoms with Gasteiger partial charge in [0.15, 0.2) is 0 Å². The first-order valence-corrected chi connectivity index (χ1v) is 6.63. The maximum Gasteiger partial charge on any atom is 0.233 e. The highest BCUT2D eigenvalue weighted by atomic mass is 35.5. The van der Waals surface area contributed by atoms with Crippen molar-refractivity contribution in [3.63, 3.8) is 0 Å². The second kappa shape index (κ2) is 6.81. The summed E-state index contributed by atoms with van der Waals surface area (Å²) < 4.78 is 0. The van der Waals surface area contributed by atoms with Crippen molar-refractivity contribution in [1.29, 1.82) is 0 Å². The molecule has 4 heteroatoms. The van der Waals surface area contributed by atoms with E-state index in [9.17, 15) is 4.79 Å². The zero-order valence-electron chi connectivity index (χ0n) is 9.50. The Kier molecular flexibility index (Phi) is 5.71. The number of benzene rings is 1. The Morgan fingerprint density at radius 1 is 1.38 bits per heavy atom. The Hall–Kier alpha value is -0.670. The molecule has 0 radical (unpaired) electrons. The van der Waals surface area contributed by atoms with Crippen molar-refractivity contribution in [2.75, 3.05) is 6.54 Å². The summed E-state index contributed by atoms with van der Waals surface area (Å²) in [6.45, 7) is 4.62. The Morgan fingerprint density at radius 3 is 2.50 bits per heavy atom. The van der Waals surface area contributed by atoms with E-state index in [1.165, 1.54) is 0 Å². The van der Waals surface area contributed by atoms with Crippen LogP contribution >= 0.6 is 23.4 Å². The first kappa shape index (κ1) is 13.4. The van der Waals surface area contributed by atoms with Crippen molar-refractivity contribution >= 4 is 29.3 Å². The van der Waals surface area contributed by atoms with E-state index in [0.29, 0.717) is 6.54 Å². The van der Waals surface area contributed by atoms with E-state index in [-0.39, 0.29) is 11.2 Å². The van der Waals surface area contributed by atoms with Gasteiger partial charge in [-0.15, -0.1) is 11.8 Å². The number of carbonyl (C=O) groups is 1. The van der Waals surface area contributed by atoms with Gasteiger partial charge in [0.1, 0.15) is 0 Å². The fraction of sp³-hybridized carbons (Fsp3) is 0.417. The predicted octanol–water partition coefficient (Wildman–Crippen LogP) is 3.35. The maximum atomic E-state index is 11.7. The van der Waals surface area contributed by atoms with Gasteiger partial charge < -0.3 is 5.32 Å². The smallest absolute Gasteiger partial charge is 0.233 e. The largest absolute Gasteiger partial charge is 0.355 e. The van der Waals surface area contributed by atoms with Crippen LogP contribution in [0.25, 0.3) is 0 Å². The van der Waals surface area contributed by atoms with Crippen LogP contribution in [0.4, 0.5) is 0 Å². The monoisotopic (exact) mass is 257 g/mol. The van der Waals surface area contributed by atoms with Crippen molar-refractivity contribution in [2.45, 2.75) is 30.4 Å². The summed E-state index contributed by atoms with van der Waals surface area (Å²) in [4.78, 5) is 12.8. The molecule has 0 unspecified atom stereocenters. The third-order valence-corrected chi connectivity index (χ3v) is 3.73. The molecule has 2 nitrogen and oxygen atoms in total. The van der Waals surface area contributed by atoms with E-state index in [1.807, 2.05) is 38.1 Å². The standard InChI is InChI=1S/C12H16ClNOS/c1-3-11(12(15)14-4-2)16-10-7-5-9(13)6-8-10/h5-8,11H,3-4H2,1-2H3,(H,14,15)/t11-/m1/s1. The molecule has 1 aromatic rings. The van der Waals surface area contributed by atoms with Gasteiger partial charge in [0, 0.05) is 16.5 Å². The van der Waals surface area contributed by atoms with E-state index in [0.717, 1.165) is 16.3 Å². The van der Waals surface area contributed by atoms with Gasteiger partial charge in [0.25, 0.3) is 0 Å². The molecule has 1 atom stereocenters. The van der Waals surface area contributed by atoms with Crippen LogP contribution in [0, 0.1) is 0 Å². The molecule has 0 saturated heterocycles. The van der Waals surface area contributed by atoms with Crippen LogP contribution in [0.3, 0.4) is 0 Å². The quantitative estimate of drug-likeness (QED) is 0.820. The third kappa shape index (κ3) is 4.06. The second-order valence-corrected chi connectivity index (χ2v) is 5.08. The van der Waals surface area contributed by atoms with Gasteiger partial charge in [0.05, 0.1) is 5.25 Å². The molecule has 1 aromatic carbocycles. The summed E-state index contributed by atoms with van der Waals surface area (Å²) in [5.41, 5.74) is 0. The molecule has 0 aliphatic carbocycles. The molecule has 88 valence electrons. The normalized spacial score (nSPS) is 12.2. The average Bonchev–Trinajstić information content (AvgIpc) is 2.28. The van der Waals surface area contributed by atoms with Crippen LogP contribution in [0.15, 0.2) is 29.2 Å². The average molecular weight is 258 g/mol. The van der Waals surface area contributed by atoms with Gasteiger partial charge in [-0.3, -0.25) is 4.79 Å². The van der Waals surface area contributed by atoms with Crippen molar-refractivity contribution in [2.24, 2.45) is 0 Å². The Balaban J connectivity index is 2.62. The van der Waals surface area contributed by atoms with Crippen LogP contribution < -0.4 is 5.32 Å². The van der Waals surface area contributed by atoms with E-state index in [2.05, 4.69) is 5.32 Å². The summed E-state index contributed by atoms with van der Waals surface area (Å²) in [6.07, 6.45) is 0.819. The zero-order chi connectivity index (χ0) is 12.0. The van der Waals surface area contributed by atoms with E-state index >= 15 is 0 Å². The molecular weight excluding hydrogens is 242 g/mol. The number of amides is 1. The summed E-state index contributed by atoms with van der Waals surface area (Å²) in [7, 11) is 0. The minimum atomic E-state index is -0.0267. The lowest BCUT2D eigenvalue weighted by molar-refractivity contribution is -0.120. The minimum Gasteiger partial charge on any atom is -0.355 e. The molecule has 0 aromatic heterocycles. The molecule has 16 heavy (non-hydrogen) atoms. The lowest BCUT2D eigenvalue weighted by atomic mass is 10.3. The minimum absolute atomic E-state index is 0.0267. The van der Waals surface area contributed by atoms with Gasteiger partial charge in [0.2, 0.25) is 5.91 Å². The van der Waals surface area contributed by atoms with Crippen LogP contribution in [-0.2, 0) is 4.79 Å². The first-order chi connectivity index (χ1) is 7.67. The zero-order valence-corrected chi connectivity index (χ0v) is 11.1. The molecule has 0 spiro atoms. The van der Waals surface area contributed by atoms with E-state index in [1.54, 1.807) is 11.8 Å². The number of thioether (sulfide) groups is 1. The number of hydrogen-bond donors (Lipinski definition) is 1. The van der Waals surface area contributed by atoms with Crippen LogP contribution in [0.5, 0.6) is 0 Å². The molecule has 0 bridgehead atoms. The van der Waals surface area contributed by atoms with Crippen molar-refractivity contribution in [3.8, 4) is 0 Å². The fourth-order valence-corrected chi connectivity index (χ4v) is 2.39. The number of carbonyl (C=O) groups excluding carboxylic acids is 1. The molecule has 0 fully saturated rings. The summed E-state index contributed by atoms with van der Waals surface area (Å²) in [6, 6.07) is 7.56. The highest BCUT2D eigenvalue weighted by molar-refractivity contribution is 8.00. The highest BCUT2D eigenvalue weighted by Crippen LogP contribution is 2.26. The van der Waals surface area contributed by atoms with E-state index < -0.39 is 0 Å². The Bertz CT molecular complexity index is 339. The van der Waals surface area contributed by atoms with Gasteiger partial charge >= 0.3 is 0 Å². The summed E-state index contributed by atoms with van der Waals surface area (Å²) in [5.74, 6) is 0.102. The number of hydrogen-bond acceptors (Lipinski definition) is 2. The number of halogens is 1. The first-order valence-electron chi connectivity index (χ1n) is 5.37. The molecule has 0 heterocycles. The SMILES string of the molecule is CCNC(=O)[C@@H](CC)Sc1ccc(Cl)cc1. The maximum absolute atomic E-state index is 11.7. The highest BCUT2D eigenvalue weighted by Gasteiger charge is 2.16. The molecule has 0 saturated carbocycles. The van der Waals surface area contributed by atoms with E-state index in [4.69, 9.17) is 11.6 Å². The molecular formula is C12H16ClNOS. The van der Waals surface area contributed by atoms with Gasteiger partial charge in [-0.25, -0.2) is 0 Å². The van der Waals surface area contributed by atoms with Crippen molar-refractivity contribution < 1.29 is 4.79 Å². The summed E-state index contributed by atoms with van der Waals surface area (Å²) in [5, 5.41) is 3.53. The Labute approximate surface area is 106 Å². The van der Waals surface area contributed by atoms with Crippen molar-refractivity contribution in [3.05, 3.63) is 29.3 Å². The van der Waals surface area contributed by atoms with Gasteiger partial charge in [-0.1, -0.05) is 18.5 Å². The fourth-order valence-electron chi connectivity index (χ4n) is 1.29. The second-order valence-electron chi connectivity index (χ2n) is 3.36. The lowest BCUT2D eigenvalue weighted by Crippen LogP contribution is -2.31. The van der Waals surface area contributed by atoms with Crippen LogP contribution in [0.2, 0.25) is 5.02 Å². The molecule has 0 aliphatic heterocycles. The molecule has 1 rings (SSSR count). The number of rotatable bonds is 5. The van der Waals surface area contributed by atoms with Crippen LogP contribution in [-0.4, -0.2) is 17.7 Å². The predicted molar refractivity (Wildman–Crippen MR) is 70.1 cm³/mol. The summed E-state index contributed by atoms with van der Waals surface area (Å²) >= 11 is 7.38. The van der Waals surface area contributed by atoms with Crippen LogP contribution in [0.1, 0.15) is 20.3 Å². The third-order valence-electron chi connectivity index (χ3n) is 2.11. The van der Waals surface area contributed by atoms with Gasteiger partial charge in [-0.05, 0) is 37.6 Å². The Morgan fingerprint density at radius 2 is 2.00 bits per heavy atom. The molecule has 1 amide bonds. The van der Waals surface area contributed by atoms with Gasteiger partial charge in [-0.2, -0.15) is 0 Å². The number of nitrogens with one attached hydrogen (secondary N) is 1. The topological polar surface area (TPSA) is 29.1 Å².